The van der Waals surface area contributed by atoms with E-state index in [1.54, 1.807) is 6.20 Å². The Morgan fingerprint density at radius 2 is 2.15 bits per heavy atom. The summed E-state index contributed by atoms with van der Waals surface area (Å²) < 4.78 is 5.72. The molecule has 3 rings (SSSR count). The monoisotopic (exact) mass is 270 g/mol. The Kier molecular flexibility index (Phi) is 3.74. The van der Waals surface area contributed by atoms with Crippen molar-refractivity contribution in [3.63, 3.8) is 0 Å². The average Bonchev–Trinajstić information content (AvgIpc) is 2.46. The van der Waals surface area contributed by atoms with Gasteiger partial charge >= 0.3 is 0 Å². The Bertz CT molecular complexity index is 608. The molecule has 4 nitrogen and oxygen atoms in total. The topological polar surface area (TPSA) is 52.1 Å². The Hall–Kier alpha value is -1.81. The van der Waals surface area contributed by atoms with Gasteiger partial charge in [-0.25, -0.2) is 0 Å². The number of hydrogen-bond acceptors (Lipinski definition) is 4. The number of aryl methyl sites for hydroxylation is 1. The van der Waals surface area contributed by atoms with Gasteiger partial charge in [0.1, 0.15) is 12.9 Å². The number of nitrogens with zero attached hydrogens (tertiary/aromatic N) is 2. The van der Waals surface area contributed by atoms with Crippen LogP contribution in [-0.2, 0) is 16.0 Å². The lowest BCUT2D eigenvalue weighted by Crippen LogP contribution is -2.41. The third-order valence-corrected chi connectivity index (χ3v) is 4.07. The molecule has 1 fully saturated rings. The molecule has 1 aliphatic rings. The second kappa shape index (κ2) is 5.67. The van der Waals surface area contributed by atoms with Crippen molar-refractivity contribution in [2.45, 2.75) is 37.7 Å². The fraction of sp³-hybridized carbons (Fsp3) is 0.438. The van der Waals surface area contributed by atoms with E-state index < -0.39 is 0 Å². The van der Waals surface area contributed by atoms with Gasteiger partial charge in [0.05, 0.1) is 16.6 Å². The van der Waals surface area contributed by atoms with Gasteiger partial charge in [0.2, 0.25) is 0 Å². The summed E-state index contributed by atoms with van der Waals surface area (Å²) in [7, 11) is 0. The van der Waals surface area contributed by atoms with Crippen molar-refractivity contribution in [2.24, 2.45) is 0 Å². The summed E-state index contributed by atoms with van der Waals surface area (Å²) in [4.78, 5) is 19.4. The molecule has 1 saturated carbocycles. The summed E-state index contributed by atoms with van der Waals surface area (Å²) >= 11 is 0. The summed E-state index contributed by atoms with van der Waals surface area (Å²) in [5.41, 5.74) is 2.83. The minimum Gasteiger partial charge on any atom is -0.368 e. The summed E-state index contributed by atoms with van der Waals surface area (Å²) in [5, 5.41) is 0. The molecule has 0 aliphatic heterocycles. The molecule has 0 amide bonds. The summed E-state index contributed by atoms with van der Waals surface area (Å²) in [5.74, 6) is 0. The Morgan fingerprint density at radius 3 is 2.90 bits per heavy atom. The lowest BCUT2D eigenvalue weighted by Gasteiger charge is -2.41. The van der Waals surface area contributed by atoms with Crippen LogP contribution in [0.1, 0.15) is 31.4 Å². The molecule has 0 bridgehead atoms. The number of aldehydes is 1. The Labute approximate surface area is 118 Å². The molecule has 104 valence electrons. The third-order valence-electron chi connectivity index (χ3n) is 4.07. The molecule has 0 unspecified atom stereocenters. The third kappa shape index (κ3) is 2.70. The zero-order valence-electron chi connectivity index (χ0n) is 11.4. The van der Waals surface area contributed by atoms with E-state index in [1.807, 2.05) is 24.3 Å². The van der Waals surface area contributed by atoms with Crippen molar-refractivity contribution in [2.75, 3.05) is 6.61 Å². The van der Waals surface area contributed by atoms with Crippen LogP contribution in [0.2, 0.25) is 0 Å². The van der Waals surface area contributed by atoms with Gasteiger partial charge in [-0.1, -0.05) is 0 Å². The normalized spacial score (nSPS) is 16.8. The zero-order valence-corrected chi connectivity index (χ0v) is 11.4. The predicted molar refractivity (Wildman–Crippen MR) is 76.5 cm³/mol. The average molecular weight is 270 g/mol. The van der Waals surface area contributed by atoms with Gasteiger partial charge in [0.25, 0.3) is 0 Å². The van der Waals surface area contributed by atoms with Gasteiger partial charge in [0, 0.05) is 11.9 Å². The van der Waals surface area contributed by atoms with Crippen LogP contribution in [0, 0.1) is 0 Å². The number of rotatable bonds is 6. The van der Waals surface area contributed by atoms with Gasteiger partial charge in [-0.2, -0.15) is 0 Å². The van der Waals surface area contributed by atoms with Gasteiger partial charge in [0.15, 0.2) is 0 Å². The number of hydrogen-bond donors (Lipinski definition) is 0. The molecule has 0 spiro atoms. The van der Waals surface area contributed by atoms with Crippen LogP contribution in [0.3, 0.4) is 0 Å². The molecule has 1 aliphatic carbocycles. The maximum absolute atomic E-state index is 10.5. The van der Waals surface area contributed by atoms with Crippen molar-refractivity contribution < 1.29 is 9.53 Å². The van der Waals surface area contributed by atoms with E-state index >= 15 is 0 Å². The van der Waals surface area contributed by atoms with Crippen molar-refractivity contribution in [1.82, 2.24) is 9.97 Å². The molecular formula is C16H18N2O2. The molecular weight excluding hydrogens is 252 g/mol. The van der Waals surface area contributed by atoms with Crippen molar-refractivity contribution in [3.8, 4) is 0 Å². The number of fused-ring (bicyclic) bond motifs is 1. The minimum absolute atomic E-state index is 0.0908. The standard InChI is InChI=1S/C16H18N2O2/c19-11-12-20-16(7-2-8-16)9-6-13-4-5-14-15(18-13)3-1-10-17-14/h1,3-5,10-11H,2,6-9,12H2. The van der Waals surface area contributed by atoms with Gasteiger partial charge in [-0.3, -0.25) is 9.97 Å². The smallest absolute Gasteiger partial charge is 0.145 e. The van der Waals surface area contributed by atoms with Gasteiger partial charge in [-0.05, 0) is 56.4 Å². The van der Waals surface area contributed by atoms with E-state index in [0.29, 0.717) is 0 Å². The van der Waals surface area contributed by atoms with Crippen molar-refractivity contribution in [3.05, 3.63) is 36.2 Å². The fourth-order valence-electron chi connectivity index (χ4n) is 2.74. The van der Waals surface area contributed by atoms with Crippen LogP contribution in [-0.4, -0.2) is 28.5 Å². The number of carbonyl (C=O) groups is 1. The minimum atomic E-state index is -0.0908. The first kappa shape index (κ1) is 13.2. The van der Waals surface area contributed by atoms with Crippen LogP contribution in [0.5, 0.6) is 0 Å². The summed E-state index contributed by atoms with van der Waals surface area (Å²) in [6, 6.07) is 7.92. The van der Waals surface area contributed by atoms with Crippen LogP contribution in [0.25, 0.3) is 11.0 Å². The SMILES string of the molecule is O=CCOC1(CCc2ccc3ncccc3n2)CCC1. The first-order valence-corrected chi connectivity index (χ1v) is 7.10. The van der Waals surface area contributed by atoms with Gasteiger partial charge in [-0.15, -0.1) is 0 Å². The lowest BCUT2D eigenvalue weighted by atomic mass is 9.76. The molecule has 0 saturated heterocycles. The maximum atomic E-state index is 10.5. The largest absolute Gasteiger partial charge is 0.368 e. The molecule has 2 aromatic rings. The lowest BCUT2D eigenvalue weighted by molar-refractivity contribution is -0.131. The zero-order chi connectivity index (χ0) is 13.8. The van der Waals surface area contributed by atoms with Crippen LogP contribution < -0.4 is 0 Å². The van der Waals surface area contributed by atoms with E-state index in [-0.39, 0.29) is 12.2 Å². The molecule has 0 aromatic carbocycles. The van der Waals surface area contributed by atoms with Crippen LogP contribution >= 0.6 is 0 Å². The summed E-state index contributed by atoms with van der Waals surface area (Å²) in [6.45, 7) is 0.203. The Morgan fingerprint density at radius 1 is 1.25 bits per heavy atom. The summed E-state index contributed by atoms with van der Waals surface area (Å²) in [6.07, 6.45) is 7.71. The first-order valence-electron chi connectivity index (χ1n) is 7.10. The van der Waals surface area contributed by atoms with Gasteiger partial charge < -0.3 is 9.53 Å². The molecule has 2 heterocycles. The fourth-order valence-corrected chi connectivity index (χ4v) is 2.74. The molecule has 0 radical (unpaired) electrons. The highest BCUT2D eigenvalue weighted by Gasteiger charge is 2.37. The van der Waals surface area contributed by atoms with E-state index in [2.05, 4.69) is 9.97 Å². The number of aromatic nitrogens is 2. The maximum Gasteiger partial charge on any atom is 0.145 e. The highest BCUT2D eigenvalue weighted by molar-refractivity contribution is 5.73. The molecule has 4 heteroatoms. The highest BCUT2D eigenvalue weighted by atomic mass is 16.5. The number of carbonyl (C=O) groups excluding carboxylic acids is 1. The van der Waals surface area contributed by atoms with Crippen LogP contribution in [0.15, 0.2) is 30.5 Å². The van der Waals surface area contributed by atoms with Crippen molar-refractivity contribution >= 4 is 17.3 Å². The predicted octanol–water partition coefficient (Wildman–Crippen LogP) is 2.70. The first-order chi connectivity index (χ1) is 9.81. The quantitative estimate of drug-likeness (QED) is 0.757. The van der Waals surface area contributed by atoms with Crippen molar-refractivity contribution in [1.29, 1.82) is 0 Å². The molecule has 2 aromatic heterocycles. The second-order valence-corrected chi connectivity index (χ2v) is 5.36. The highest BCUT2D eigenvalue weighted by Crippen LogP contribution is 2.39. The second-order valence-electron chi connectivity index (χ2n) is 5.36. The van der Waals surface area contributed by atoms with E-state index in [4.69, 9.17) is 4.74 Å². The molecule has 20 heavy (non-hydrogen) atoms. The number of pyridine rings is 2. The molecule has 0 N–H and O–H groups in total. The van der Waals surface area contributed by atoms with E-state index in [1.165, 1.54) is 6.42 Å². The van der Waals surface area contributed by atoms with E-state index in [9.17, 15) is 4.79 Å². The van der Waals surface area contributed by atoms with E-state index in [0.717, 1.165) is 48.7 Å². The Balaban J connectivity index is 1.68. The molecule has 0 atom stereocenters. The number of ether oxygens (including phenoxy) is 1. The van der Waals surface area contributed by atoms with Crippen LogP contribution in [0.4, 0.5) is 0 Å².